The summed E-state index contributed by atoms with van der Waals surface area (Å²) >= 11 is 1.84. The topological polar surface area (TPSA) is 41.1 Å². The summed E-state index contributed by atoms with van der Waals surface area (Å²) in [5.74, 6) is 1.42. The SMILES string of the molecule is CCCC1(C(=O)NCCCSC)CCNCC1. The van der Waals surface area contributed by atoms with Crippen molar-refractivity contribution in [1.29, 1.82) is 0 Å². The lowest BCUT2D eigenvalue weighted by Crippen LogP contribution is -2.47. The smallest absolute Gasteiger partial charge is 0.226 e. The molecule has 3 nitrogen and oxygen atoms in total. The second-order valence-electron chi connectivity index (χ2n) is 4.88. The third-order valence-electron chi connectivity index (χ3n) is 3.58. The fourth-order valence-corrected chi connectivity index (χ4v) is 3.01. The van der Waals surface area contributed by atoms with E-state index in [-0.39, 0.29) is 5.41 Å². The van der Waals surface area contributed by atoms with Crippen molar-refractivity contribution < 1.29 is 4.79 Å². The highest BCUT2D eigenvalue weighted by atomic mass is 32.2. The van der Waals surface area contributed by atoms with Gasteiger partial charge < -0.3 is 10.6 Å². The molecular formula is C13H26N2OS. The highest BCUT2D eigenvalue weighted by Gasteiger charge is 2.38. The van der Waals surface area contributed by atoms with Crippen LogP contribution in [0.15, 0.2) is 0 Å². The van der Waals surface area contributed by atoms with E-state index in [4.69, 9.17) is 0 Å². The Bertz CT molecular complexity index is 222. The Balaban J connectivity index is 2.42. The van der Waals surface area contributed by atoms with Crippen molar-refractivity contribution in [3.05, 3.63) is 0 Å². The maximum absolute atomic E-state index is 12.3. The molecular weight excluding hydrogens is 232 g/mol. The van der Waals surface area contributed by atoms with E-state index in [0.29, 0.717) is 5.91 Å². The molecule has 0 aromatic carbocycles. The molecule has 1 amide bonds. The molecule has 1 aliphatic rings. The number of carbonyl (C=O) groups excluding carboxylic acids is 1. The van der Waals surface area contributed by atoms with Crippen molar-refractivity contribution in [2.75, 3.05) is 31.6 Å². The zero-order valence-corrected chi connectivity index (χ0v) is 12.0. The second kappa shape index (κ2) is 7.98. The summed E-state index contributed by atoms with van der Waals surface area (Å²) in [4.78, 5) is 12.3. The molecule has 0 aliphatic carbocycles. The molecule has 1 heterocycles. The fourth-order valence-electron chi connectivity index (χ4n) is 2.58. The minimum absolute atomic E-state index is 0.0840. The van der Waals surface area contributed by atoms with Crippen LogP contribution in [0.2, 0.25) is 0 Å². The summed E-state index contributed by atoms with van der Waals surface area (Å²) in [6, 6.07) is 0. The molecule has 100 valence electrons. The Hall–Kier alpha value is -0.220. The fraction of sp³-hybridized carbons (Fsp3) is 0.923. The van der Waals surface area contributed by atoms with Gasteiger partial charge >= 0.3 is 0 Å². The molecule has 0 spiro atoms. The first kappa shape index (κ1) is 14.8. The first-order valence-electron chi connectivity index (χ1n) is 6.73. The van der Waals surface area contributed by atoms with Gasteiger partial charge in [0.1, 0.15) is 0 Å². The number of rotatable bonds is 7. The van der Waals surface area contributed by atoms with Gasteiger partial charge in [-0.2, -0.15) is 11.8 Å². The molecule has 0 bridgehead atoms. The molecule has 1 saturated heterocycles. The number of hydrogen-bond donors (Lipinski definition) is 2. The Kier molecular flexibility index (Phi) is 6.97. The molecule has 4 heteroatoms. The minimum atomic E-state index is -0.0840. The van der Waals surface area contributed by atoms with Crippen LogP contribution in [-0.2, 0) is 4.79 Å². The summed E-state index contributed by atoms with van der Waals surface area (Å²) < 4.78 is 0. The monoisotopic (exact) mass is 258 g/mol. The normalized spacial score (nSPS) is 18.9. The van der Waals surface area contributed by atoms with E-state index in [0.717, 1.165) is 57.5 Å². The molecule has 1 aliphatic heterocycles. The molecule has 0 radical (unpaired) electrons. The van der Waals surface area contributed by atoms with Crippen LogP contribution >= 0.6 is 11.8 Å². The summed E-state index contributed by atoms with van der Waals surface area (Å²) in [5, 5.41) is 6.48. The van der Waals surface area contributed by atoms with Crippen LogP contribution in [0.1, 0.15) is 39.0 Å². The second-order valence-corrected chi connectivity index (χ2v) is 5.87. The van der Waals surface area contributed by atoms with E-state index in [9.17, 15) is 4.79 Å². The Labute approximate surface area is 109 Å². The van der Waals surface area contributed by atoms with Gasteiger partial charge in [0.05, 0.1) is 5.41 Å². The quantitative estimate of drug-likeness (QED) is 0.687. The molecule has 0 unspecified atom stereocenters. The van der Waals surface area contributed by atoms with E-state index in [1.54, 1.807) is 0 Å². The van der Waals surface area contributed by atoms with Crippen LogP contribution in [0.3, 0.4) is 0 Å². The molecule has 1 fully saturated rings. The lowest BCUT2D eigenvalue weighted by atomic mass is 9.74. The van der Waals surface area contributed by atoms with Crippen molar-refractivity contribution in [2.45, 2.75) is 39.0 Å². The Morgan fingerprint density at radius 2 is 2.12 bits per heavy atom. The molecule has 0 saturated carbocycles. The van der Waals surface area contributed by atoms with E-state index in [1.807, 2.05) is 11.8 Å². The Morgan fingerprint density at radius 1 is 1.41 bits per heavy atom. The lowest BCUT2D eigenvalue weighted by molar-refractivity contribution is -0.133. The summed E-state index contributed by atoms with van der Waals surface area (Å²) in [7, 11) is 0. The largest absolute Gasteiger partial charge is 0.356 e. The number of amides is 1. The molecule has 0 aromatic rings. The van der Waals surface area contributed by atoms with Crippen LogP contribution in [-0.4, -0.2) is 37.6 Å². The number of carbonyl (C=O) groups is 1. The van der Waals surface area contributed by atoms with Gasteiger partial charge in [-0.1, -0.05) is 13.3 Å². The summed E-state index contributed by atoms with van der Waals surface area (Å²) in [6.07, 6.45) is 7.30. The first-order chi connectivity index (χ1) is 8.25. The van der Waals surface area contributed by atoms with Crippen molar-refractivity contribution >= 4 is 17.7 Å². The van der Waals surface area contributed by atoms with Gasteiger partial charge in [0.25, 0.3) is 0 Å². The molecule has 0 aromatic heterocycles. The van der Waals surface area contributed by atoms with E-state index < -0.39 is 0 Å². The summed E-state index contributed by atoms with van der Waals surface area (Å²) in [6.45, 7) is 4.97. The van der Waals surface area contributed by atoms with Gasteiger partial charge in [-0.25, -0.2) is 0 Å². The minimum Gasteiger partial charge on any atom is -0.356 e. The zero-order chi connectivity index (χ0) is 12.6. The molecule has 1 rings (SSSR count). The lowest BCUT2D eigenvalue weighted by Gasteiger charge is -2.36. The van der Waals surface area contributed by atoms with Crippen LogP contribution in [0, 0.1) is 5.41 Å². The summed E-state index contributed by atoms with van der Waals surface area (Å²) in [5.41, 5.74) is -0.0840. The molecule has 17 heavy (non-hydrogen) atoms. The van der Waals surface area contributed by atoms with Gasteiger partial charge in [-0.15, -0.1) is 0 Å². The van der Waals surface area contributed by atoms with E-state index >= 15 is 0 Å². The van der Waals surface area contributed by atoms with Crippen molar-refractivity contribution in [3.8, 4) is 0 Å². The average molecular weight is 258 g/mol. The van der Waals surface area contributed by atoms with Gasteiger partial charge in [0, 0.05) is 6.54 Å². The van der Waals surface area contributed by atoms with Gasteiger partial charge in [0.2, 0.25) is 5.91 Å². The maximum atomic E-state index is 12.3. The predicted molar refractivity (Wildman–Crippen MR) is 75.5 cm³/mol. The van der Waals surface area contributed by atoms with Crippen LogP contribution in [0.4, 0.5) is 0 Å². The first-order valence-corrected chi connectivity index (χ1v) is 8.12. The number of thioether (sulfide) groups is 1. The number of nitrogens with one attached hydrogen (secondary N) is 2. The van der Waals surface area contributed by atoms with Crippen molar-refractivity contribution in [3.63, 3.8) is 0 Å². The third kappa shape index (κ3) is 4.51. The zero-order valence-electron chi connectivity index (χ0n) is 11.2. The standard InChI is InChI=1S/C13H26N2OS/c1-3-5-13(6-9-14-10-7-13)12(16)15-8-4-11-17-2/h14H,3-11H2,1-2H3,(H,15,16). The van der Waals surface area contributed by atoms with Crippen LogP contribution < -0.4 is 10.6 Å². The van der Waals surface area contributed by atoms with Gasteiger partial charge in [-0.05, 0) is 50.8 Å². The van der Waals surface area contributed by atoms with E-state index in [2.05, 4.69) is 23.8 Å². The highest BCUT2D eigenvalue weighted by Crippen LogP contribution is 2.34. The highest BCUT2D eigenvalue weighted by molar-refractivity contribution is 7.98. The van der Waals surface area contributed by atoms with Crippen molar-refractivity contribution in [1.82, 2.24) is 10.6 Å². The third-order valence-corrected chi connectivity index (χ3v) is 4.28. The Morgan fingerprint density at radius 3 is 2.71 bits per heavy atom. The number of hydrogen-bond acceptors (Lipinski definition) is 3. The average Bonchev–Trinajstić information content (AvgIpc) is 2.36. The van der Waals surface area contributed by atoms with Crippen LogP contribution in [0.25, 0.3) is 0 Å². The maximum Gasteiger partial charge on any atom is 0.226 e. The number of piperidine rings is 1. The van der Waals surface area contributed by atoms with E-state index in [1.165, 1.54) is 0 Å². The molecule has 0 atom stereocenters. The van der Waals surface area contributed by atoms with Gasteiger partial charge in [0.15, 0.2) is 0 Å². The molecule has 2 N–H and O–H groups in total. The van der Waals surface area contributed by atoms with Crippen LogP contribution in [0.5, 0.6) is 0 Å². The van der Waals surface area contributed by atoms with Crippen molar-refractivity contribution in [2.24, 2.45) is 5.41 Å². The van der Waals surface area contributed by atoms with Gasteiger partial charge in [-0.3, -0.25) is 4.79 Å². The predicted octanol–water partition coefficient (Wildman–Crippen LogP) is 2.03.